The van der Waals surface area contributed by atoms with Gasteiger partial charge in [-0.15, -0.1) is 0 Å². The van der Waals surface area contributed by atoms with Crippen molar-refractivity contribution in [3.05, 3.63) is 95.3 Å². The second-order valence-corrected chi connectivity index (χ2v) is 10.5. The fourth-order valence-corrected chi connectivity index (χ4v) is 6.40. The maximum Gasteiger partial charge on any atom is 0.254 e. The van der Waals surface area contributed by atoms with E-state index in [1.165, 1.54) is 61.2 Å². The summed E-state index contributed by atoms with van der Waals surface area (Å²) in [7, 11) is 0. The lowest BCUT2D eigenvalue weighted by atomic mass is 9.93. The van der Waals surface area contributed by atoms with E-state index in [2.05, 4.69) is 58.3 Å². The van der Waals surface area contributed by atoms with Gasteiger partial charge in [0.25, 0.3) is 5.91 Å². The molecule has 0 spiro atoms. The first-order valence-electron chi connectivity index (χ1n) is 13.6. The van der Waals surface area contributed by atoms with Gasteiger partial charge in [0, 0.05) is 49.7 Å². The van der Waals surface area contributed by atoms with E-state index >= 15 is 0 Å². The molecule has 0 saturated carbocycles. The number of amides is 1. The molecule has 1 amide bonds. The number of nitrogens with zero attached hydrogens (tertiary/aromatic N) is 4. The zero-order valence-corrected chi connectivity index (χ0v) is 21.1. The molecule has 3 aromatic rings. The molecular weight excluding hydrogens is 444 g/mol. The molecule has 2 aromatic carbocycles. The first kappa shape index (κ1) is 23.2. The predicted octanol–water partition coefficient (Wildman–Crippen LogP) is 5.48. The molecule has 3 aliphatic heterocycles. The second kappa shape index (κ2) is 10.4. The molecule has 0 radical (unpaired) electrons. The van der Waals surface area contributed by atoms with E-state index < -0.39 is 0 Å². The van der Waals surface area contributed by atoms with Crippen LogP contribution in [0.3, 0.4) is 0 Å². The Morgan fingerprint density at radius 1 is 0.778 bits per heavy atom. The summed E-state index contributed by atoms with van der Waals surface area (Å²) in [6, 6.07) is 24.2. The molecule has 36 heavy (non-hydrogen) atoms. The third-order valence-corrected chi connectivity index (χ3v) is 8.40. The number of rotatable bonds is 4. The molecule has 6 rings (SSSR count). The summed E-state index contributed by atoms with van der Waals surface area (Å²) >= 11 is 0. The minimum absolute atomic E-state index is 0.139. The largest absolute Gasteiger partial charge is 0.371 e. The SMILES string of the molecule is O=C(c1ccc(N2CCC(N3CCCCC3c3ccccn3)CC2)cc1)N1CCc2ccccc2C1. The number of anilines is 1. The monoisotopic (exact) mass is 480 g/mol. The summed E-state index contributed by atoms with van der Waals surface area (Å²) < 4.78 is 0. The van der Waals surface area contributed by atoms with Crippen LogP contribution in [0.4, 0.5) is 5.69 Å². The summed E-state index contributed by atoms with van der Waals surface area (Å²) in [5.74, 6) is 0.139. The van der Waals surface area contributed by atoms with Gasteiger partial charge in [-0.25, -0.2) is 0 Å². The number of hydrogen-bond donors (Lipinski definition) is 0. The van der Waals surface area contributed by atoms with Crippen molar-refractivity contribution in [3.63, 3.8) is 0 Å². The van der Waals surface area contributed by atoms with Crippen LogP contribution in [0.15, 0.2) is 72.9 Å². The Bertz CT molecular complexity index is 1170. The Morgan fingerprint density at radius 3 is 2.33 bits per heavy atom. The molecule has 4 heterocycles. The molecule has 0 aliphatic carbocycles. The van der Waals surface area contributed by atoms with Crippen LogP contribution >= 0.6 is 0 Å². The normalized spacial score (nSPS) is 21.3. The van der Waals surface area contributed by atoms with Crippen LogP contribution < -0.4 is 4.90 Å². The summed E-state index contributed by atoms with van der Waals surface area (Å²) in [4.78, 5) is 25.1. The van der Waals surface area contributed by atoms with Gasteiger partial charge in [0.1, 0.15) is 0 Å². The van der Waals surface area contributed by atoms with Crippen molar-refractivity contribution in [2.24, 2.45) is 0 Å². The van der Waals surface area contributed by atoms with Gasteiger partial charge in [-0.3, -0.25) is 14.7 Å². The summed E-state index contributed by atoms with van der Waals surface area (Å²) in [6.45, 7) is 4.81. The van der Waals surface area contributed by atoms with Crippen molar-refractivity contribution in [3.8, 4) is 0 Å². The molecule has 186 valence electrons. The van der Waals surface area contributed by atoms with E-state index in [4.69, 9.17) is 4.98 Å². The number of fused-ring (bicyclic) bond motifs is 1. The van der Waals surface area contributed by atoms with Crippen molar-refractivity contribution < 1.29 is 4.79 Å². The quantitative estimate of drug-likeness (QED) is 0.496. The Hall–Kier alpha value is -3.18. The van der Waals surface area contributed by atoms with Crippen LogP contribution in [-0.4, -0.2) is 52.9 Å². The lowest BCUT2D eigenvalue weighted by molar-refractivity contribution is 0.0734. The van der Waals surface area contributed by atoms with Gasteiger partial charge in [0.15, 0.2) is 0 Å². The minimum atomic E-state index is 0.139. The van der Waals surface area contributed by atoms with Crippen molar-refractivity contribution >= 4 is 11.6 Å². The number of aromatic nitrogens is 1. The molecule has 1 aromatic heterocycles. The first-order valence-corrected chi connectivity index (χ1v) is 13.6. The molecular formula is C31H36N4O. The highest BCUT2D eigenvalue weighted by molar-refractivity contribution is 5.94. The van der Waals surface area contributed by atoms with Crippen molar-refractivity contribution in [2.75, 3.05) is 31.1 Å². The fraction of sp³-hybridized carbons (Fsp3) is 0.419. The Morgan fingerprint density at radius 2 is 1.56 bits per heavy atom. The minimum Gasteiger partial charge on any atom is -0.371 e. The lowest BCUT2D eigenvalue weighted by Gasteiger charge is -2.45. The van der Waals surface area contributed by atoms with Gasteiger partial charge in [-0.2, -0.15) is 0 Å². The molecule has 2 fully saturated rings. The fourth-order valence-electron chi connectivity index (χ4n) is 6.40. The smallest absolute Gasteiger partial charge is 0.254 e. The van der Waals surface area contributed by atoms with E-state index in [0.717, 1.165) is 31.6 Å². The van der Waals surface area contributed by atoms with Crippen LogP contribution in [-0.2, 0) is 13.0 Å². The van der Waals surface area contributed by atoms with E-state index in [9.17, 15) is 4.79 Å². The number of likely N-dealkylation sites (tertiary alicyclic amines) is 1. The molecule has 0 N–H and O–H groups in total. The topological polar surface area (TPSA) is 39.7 Å². The number of benzene rings is 2. The number of carbonyl (C=O) groups excluding carboxylic acids is 1. The number of carbonyl (C=O) groups is 1. The predicted molar refractivity (Wildman–Crippen MR) is 144 cm³/mol. The van der Waals surface area contributed by atoms with Gasteiger partial charge in [0.05, 0.1) is 11.7 Å². The van der Waals surface area contributed by atoms with Crippen LogP contribution in [0.2, 0.25) is 0 Å². The Labute approximate surface area is 214 Å². The standard InChI is InChI=1S/C31H36N4O/c36-31(34-20-15-24-7-1-2-8-26(24)23-34)25-11-13-27(14-12-25)33-21-16-28(17-22-33)35-19-6-4-10-30(35)29-9-3-5-18-32-29/h1-3,5,7-9,11-14,18,28,30H,4,6,10,15-17,19-23H2. The van der Waals surface area contributed by atoms with E-state index in [-0.39, 0.29) is 5.91 Å². The Balaban J connectivity index is 1.07. The van der Waals surface area contributed by atoms with Crippen molar-refractivity contribution in [1.29, 1.82) is 0 Å². The van der Waals surface area contributed by atoms with Crippen molar-refractivity contribution in [1.82, 2.24) is 14.8 Å². The van der Waals surface area contributed by atoms with Crippen molar-refractivity contribution in [2.45, 2.75) is 57.2 Å². The number of hydrogen-bond acceptors (Lipinski definition) is 4. The van der Waals surface area contributed by atoms with Crippen LogP contribution in [0.5, 0.6) is 0 Å². The number of pyridine rings is 1. The maximum absolute atomic E-state index is 13.2. The highest BCUT2D eigenvalue weighted by Gasteiger charge is 2.33. The molecule has 5 heteroatoms. The molecule has 3 aliphatic rings. The molecule has 1 unspecified atom stereocenters. The highest BCUT2D eigenvalue weighted by Crippen LogP contribution is 2.35. The Kier molecular flexibility index (Phi) is 6.73. The maximum atomic E-state index is 13.2. The third kappa shape index (κ3) is 4.77. The van der Waals surface area contributed by atoms with Gasteiger partial charge >= 0.3 is 0 Å². The van der Waals surface area contributed by atoms with Crippen LogP contribution in [0.25, 0.3) is 0 Å². The average molecular weight is 481 g/mol. The van der Waals surface area contributed by atoms with E-state index in [1.807, 2.05) is 29.3 Å². The molecule has 1 atom stereocenters. The average Bonchev–Trinajstić information content (AvgIpc) is 2.97. The molecule has 2 saturated heterocycles. The van der Waals surface area contributed by atoms with E-state index in [1.54, 1.807) is 0 Å². The van der Waals surface area contributed by atoms with Gasteiger partial charge < -0.3 is 9.80 Å². The molecule has 5 nitrogen and oxygen atoms in total. The third-order valence-electron chi connectivity index (χ3n) is 8.40. The van der Waals surface area contributed by atoms with Gasteiger partial charge in [-0.05, 0) is 86.2 Å². The molecule has 0 bridgehead atoms. The lowest BCUT2D eigenvalue weighted by Crippen LogP contribution is -2.48. The van der Waals surface area contributed by atoms with Gasteiger partial charge in [0.2, 0.25) is 0 Å². The van der Waals surface area contributed by atoms with Crippen LogP contribution in [0, 0.1) is 0 Å². The van der Waals surface area contributed by atoms with E-state index in [0.29, 0.717) is 18.6 Å². The van der Waals surface area contributed by atoms with Gasteiger partial charge in [-0.1, -0.05) is 36.8 Å². The van der Waals surface area contributed by atoms with Crippen LogP contribution in [0.1, 0.15) is 65.3 Å². The second-order valence-electron chi connectivity index (χ2n) is 10.5. The summed E-state index contributed by atoms with van der Waals surface area (Å²) in [5.41, 5.74) is 5.90. The zero-order chi connectivity index (χ0) is 24.3. The highest BCUT2D eigenvalue weighted by atomic mass is 16.2. The summed E-state index contributed by atoms with van der Waals surface area (Å²) in [6.07, 6.45) is 9.04. The zero-order valence-electron chi connectivity index (χ0n) is 21.1. The number of piperidine rings is 2. The summed E-state index contributed by atoms with van der Waals surface area (Å²) in [5, 5.41) is 0. The first-order chi connectivity index (χ1) is 17.8.